The van der Waals surface area contributed by atoms with Crippen molar-refractivity contribution in [2.45, 2.75) is 32.5 Å². The normalized spacial score (nSPS) is 14.0. The minimum Gasteiger partial charge on any atom is -0.435 e. The Balaban J connectivity index is 1.40. The van der Waals surface area contributed by atoms with E-state index in [4.69, 9.17) is 0 Å². The van der Waals surface area contributed by atoms with Crippen molar-refractivity contribution in [1.29, 1.82) is 0 Å². The molecule has 160 valence electrons. The number of carbonyl (C=O) groups is 2. The van der Waals surface area contributed by atoms with Gasteiger partial charge in [0, 0.05) is 18.7 Å². The van der Waals surface area contributed by atoms with Crippen LogP contribution in [0.2, 0.25) is 0 Å². The van der Waals surface area contributed by atoms with Crippen LogP contribution in [0.1, 0.15) is 34.3 Å². The van der Waals surface area contributed by atoms with Crippen molar-refractivity contribution in [2.24, 2.45) is 0 Å². The fourth-order valence-electron chi connectivity index (χ4n) is 3.30. The summed E-state index contributed by atoms with van der Waals surface area (Å²) in [5, 5.41) is 5.21. The van der Waals surface area contributed by atoms with E-state index in [1.165, 1.54) is 42.7 Å². The Morgan fingerprint density at radius 2 is 1.70 bits per heavy atom. The topological polar surface area (TPSA) is 70.7 Å². The molecule has 0 saturated carbocycles. The number of hydrogen-bond acceptors (Lipinski definition) is 4. The molecule has 0 aliphatic carbocycles. The highest BCUT2D eigenvalue weighted by atomic mass is 19.3. The van der Waals surface area contributed by atoms with Crippen LogP contribution in [0.3, 0.4) is 0 Å². The molecule has 2 aromatic carbocycles. The van der Waals surface area contributed by atoms with Crippen LogP contribution in [0, 0.1) is 0 Å². The number of halogens is 2. The predicted molar refractivity (Wildman–Crippen MR) is 108 cm³/mol. The molecule has 8 heteroatoms. The van der Waals surface area contributed by atoms with Crippen molar-refractivity contribution in [3.05, 3.63) is 65.2 Å². The number of hydrogen-bond donors (Lipinski definition) is 2. The molecule has 0 atom stereocenters. The number of nitrogens with zero attached hydrogens (tertiary/aromatic N) is 1. The van der Waals surface area contributed by atoms with E-state index in [1.54, 1.807) is 0 Å². The summed E-state index contributed by atoms with van der Waals surface area (Å²) < 4.78 is 28.8. The maximum absolute atomic E-state index is 12.3. The zero-order chi connectivity index (χ0) is 21.3. The highest BCUT2D eigenvalue weighted by Gasteiger charge is 2.12. The van der Waals surface area contributed by atoms with Crippen LogP contribution in [-0.4, -0.2) is 43.0 Å². The van der Waals surface area contributed by atoms with Crippen molar-refractivity contribution < 1.29 is 23.1 Å². The molecule has 1 saturated heterocycles. The van der Waals surface area contributed by atoms with Crippen molar-refractivity contribution in [3.63, 3.8) is 0 Å². The Morgan fingerprint density at radius 3 is 2.40 bits per heavy atom. The van der Waals surface area contributed by atoms with Crippen LogP contribution >= 0.6 is 0 Å². The minimum absolute atomic E-state index is 0.115. The SMILES string of the molecule is O=C(CNC(=O)c1cccc(OC(F)F)c1)NCc1ccc(CN2CCCC2)cc1. The number of likely N-dealkylation sites (tertiary alicyclic amines) is 1. The number of benzene rings is 2. The second kappa shape index (κ2) is 10.7. The smallest absolute Gasteiger partial charge is 0.387 e. The lowest BCUT2D eigenvalue weighted by Crippen LogP contribution is -2.36. The summed E-state index contributed by atoms with van der Waals surface area (Å²) in [5.74, 6) is -1.00. The zero-order valence-corrected chi connectivity index (χ0v) is 16.6. The Kier molecular flexibility index (Phi) is 7.73. The van der Waals surface area contributed by atoms with E-state index in [-0.39, 0.29) is 23.8 Å². The number of nitrogens with one attached hydrogen (secondary N) is 2. The molecule has 0 aromatic heterocycles. The first kappa shape index (κ1) is 21.7. The molecule has 0 radical (unpaired) electrons. The fourth-order valence-corrected chi connectivity index (χ4v) is 3.30. The quantitative estimate of drug-likeness (QED) is 0.658. The standard InChI is InChI=1S/C22H25F2N3O3/c23-22(24)30-19-5-3-4-18(12-19)21(29)26-14-20(28)25-13-16-6-8-17(9-7-16)15-27-10-1-2-11-27/h3-9,12,22H,1-2,10-11,13-15H2,(H,25,28)(H,26,29). The van der Waals surface area contributed by atoms with Gasteiger partial charge in [0.1, 0.15) is 5.75 Å². The molecule has 30 heavy (non-hydrogen) atoms. The molecule has 1 aliphatic rings. The molecule has 2 N–H and O–H groups in total. The van der Waals surface area contributed by atoms with Gasteiger partial charge in [0.05, 0.1) is 6.54 Å². The highest BCUT2D eigenvalue weighted by Crippen LogP contribution is 2.16. The average Bonchev–Trinajstić information content (AvgIpc) is 3.24. The molecule has 1 aliphatic heterocycles. The Bertz CT molecular complexity index is 853. The summed E-state index contributed by atoms with van der Waals surface area (Å²) in [6.07, 6.45) is 2.52. The Morgan fingerprint density at radius 1 is 1.00 bits per heavy atom. The summed E-state index contributed by atoms with van der Waals surface area (Å²) in [6, 6.07) is 13.5. The van der Waals surface area contributed by atoms with Crippen LogP contribution < -0.4 is 15.4 Å². The van der Waals surface area contributed by atoms with Crippen LogP contribution in [0.5, 0.6) is 5.75 Å². The third-order valence-corrected chi connectivity index (χ3v) is 4.85. The predicted octanol–water partition coefficient (Wildman–Crippen LogP) is 2.93. The van der Waals surface area contributed by atoms with E-state index < -0.39 is 12.5 Å². The largest absolute Gasteiger partial charge is 0.435 e. The molecule has 0 spiro atoms. The molecule has 0 bridgehead atoms. The van der Waals surface area contributed by atoms with E-state index in [0.717, 1.165) is 25.2 Å². The third kappa shape index (κ3) is 6.81. The van der Waals surface area contributed by atoms with Crippen LogP contribution in [-0.2, 0) is 17.9 Å². The minimum atomic E-state index is -2.97. The van der Waals surface area contributed by atoms with E-state index in [2.05, 4.69) is 32.4 Å². The summed E-state index contributed by atoms with van der Waals surface area (Å²) in [6.45, 7) is 0.410. The van der Waals surface area contributed by atoms with Crippen molar-refractivity contribution in [2.75, 3.05) is 19.6 Å². The van der Waals surface area contributed by atoms with Gasteiger partial charge in [-0.1, -0.05) is 30.3 Å². The maximum Gasteiger partial charge on any atom is 0.387 e. The second-order valence-electron chi connectivity index (χ2n) is 7.17. The first-order valence-corrected chi connectivity index (χ1v) is 9.89. The van der Waals surface area contributed by atoms with Gasteiger partial charge >= 0.3 is 6.61 Å². The van der Waals surface area contributed by atoms with Crippen molar-refractivity contribution in [1.82, 2.24) is 15.5 Å². The number of rotatable bonds is 9. The Hall–Kier alpha value is -3.00. The van der Waals surface area contributed by atoms with Gasteiger partial charge in [0.2, 0.25) is 5.91 Å². The van der Waals surface area contributed by atoms with Gasteiger partial charge in [-0.2, -0.15) is 8.78 Å². The Labute approximate surface area is 174 Å². The van der Waals surface area contributed by atoms with Gasteiger partial charge in [-0.25, -0.2) is 0 Å². The highest BCUT2D eigenvalue weighted by molar-refractivity contribution is 5.96. The lowest BCUT2D eigenvalue weighted by atomic mass is 10.1. The number of amides is 2. The molecule has 3 rings (SSSR count). The van der Waals surface area contributed by atoms with E-state index in [1.807, 2.05) is 12.1 Å². The van der Waals surface area contributed by atoms with Gasteiger partial charge in [-0.05, 0) is 55.3 Å². The van der Waals surface area contributed by atoms with E-state index in [0.29, 0.717) is 6.54 Å². The summed E-state index contributed by atoms with van der Waals surface area (Å²) in [4.78, 5) is 26.5. The molecule has 2 aromatic rings. The van der Waals surface area contributed by atoms with E-state index >= 15 is 0 Å². The van der Waals surface area contributed by atoms with Gasteiger partial charge < -0.3 is 15.4 Å². The number of alkyl halides is 2. The molecule has 6 nitrogen and oxygen atoms in total. The van der Waals surface area contributed by atoms with Crippen LogP contribution in [0.15, 0.2) is 48.5 Å². The van der Waals surface area contributed by atoms with Crippen molar-refractivity contribution >= 4 is 11.8 Å². The molecule has 0 unspecified atom stereocenters. The average molecular weight is 417 g/mol. The third-order valence-electron chi connectivity index (χ3n) is 4.85. The molecule has 1 heterocycles. The molecular formula is C22H25F2N3O3. The monoisotopic (exact) mass is 417 g/mol. The second-order valence-corrected chi connectivity index (χ2v) is 7.17. The molecule has 2 amide bonds. The summed E-state index contributed by atoms with van der Waals surface area (Å²) in [7, 11) is 0. The van der Waals surface area contributed by atoms with Gasteiger partial charge in [0.25, 0.3) is 5.91 Å². The van der Waals surface area contributed by atoms with Crippen molar-refractivity contribution in [3.8, 4) is 5.75 Å². The van der Waals surface area contributed by atoms with Crippen LogP contribution in [0.4, 0.5) is 8.78 Å². The lowest BCUT2D eigenvalue weighted by Gasteiger charge is -2.14. The zero-order valence-electron chi connectivity index (χ0n) is 16.6. The first-order valence-electron chi connectivity index (χ1n) is 9.89. The van der Waals surface area contributed by atoms with E-state index in [9.17, 15) is 18.4 Å². The first-order chi connectivity index (χ1) is 14.5. The fraction of sp³-hybridized carbons (Fsp3) is 0.364. The number of carbonyl (C=O) groups excluding carboxylic acids is 2. The van der Waals surface area contributed by atoms with Gasteiger partial charge in [-0.15, -0.1) is 0 Å². The summed E-state index contributed by atoms with van der Waals surface area (Å²) in [5.41, 5.74) is 2.35. The number of ether oxygens (including phenoxy) is 1. The van der Waals surface area contributed by atoms with Crippen LogP contribution in [0.25, 0.3) is 0 Å². The molecule has 1 fully saturated rings. The maximum atomic E-state index is 12.3. The lowest BCUT2D eigenvalue weighted by molar-refractivity contribution is -0.120. The molecular weight excluding hydrogens is 392 g/mol. The van der Waals surface area contributed by atoms with Gasteiger partial charge in [0.15, 0.2) is 0 Å². The summed E-state index contributed by atoms with van der Waals surface area (Å²) >= 11 is 0. The van der Waals surface area contributed by atoms with Gasteiger partial charge in [-0.3, -0.25) is 14.5 Å².